The molecule has 29 heavy (non-hydrogen) atoms. The third kappa shape index (κ3) is 4.44. The molecule has 2 heterocycles. The van der Waals surface area contributed by atoms with Crippen molar-refractivity contribution in [1.82, 2.24) is 9.97 Å². The van der Waals surface area contributed by atoms with Crippen LogP contribution in [0.2, 0.25) is 0 Å². The molecule has 7 heteroatoms. The SMILES string of the molecule is COc1ccc(F)cc1-c1nc(C2CCC(C(=O)[O-])CC2)cc2cccnc12.[Na+]. The number of nitrogens with zero attached hydrogens (tertiary/aromatic N) is 2. The van der Waals surface area contributed by atoms with Crippen LogP contribution in [-0.4, -0.2) is 23.0 Å². The smallest absolute Gasteiger partial charge is 0.550 e. The fourth-order valence-corrected chi connectivity index (χ4v) is 3.99. The van der Waals surface area contributed by atoms with Gasteiger partial charge in [-0.25, -0.2) is 4.39 Å². The van der Waals surface area contributed by atoms with Gasteiger partial charge in [-0.05, 0) is 61.9 Å². The van der Waals surface area contributed by atoms with E-state index in [-0.39, 0.29) is 47.2 Å². The molecule has 0 aliphatic heterocycles. The molecule has 2 aromatic heterocycles. The third-order valence-electron chi connectivity index (χ3n) is 5.50. The molecule has 0 N–H and O–H groups in total. The van der Waals surface area contributed by atoms with Gasteiger partial charge in [0.1, 0.15) is 17.3 Å². The molecule has 0 radical (unpaired) electrons. The molecule has 0 bridgehead atoms. The minimum Gasteiger partial charge on any atom is -0.550 e. The standard InChI is InChI=1S/C22H21FN2O3.Na/c1-28-19-9-8-16(23)12-17(19)21-20-15(3-2-10-24-20)11-18(25-21)13-4-6-14(7-5-13)22(26)27;/h2-3,8-14H,4-7H2,1H3,(H,26,27);/q;+1/p-1. The molecule has 1 aliphatic carbocycles. The predicted octanol–water partition coefficient (Wildman–Crippen LogP) is 0.472. The number of benzene rings is 1. The van der Waals surface area contributed by atoms with Gasteiger partial charge in [-0.15, -0.1) is 0 Å². The van der Waals surface area contributed by atoms with E-state index >= 15 is 0 Å². The minimum atomic E-state index is -0.973. The summed E-state index contributed by atoms with van der Waals surface area (Å²) in [5.41, 5.74) is 2.68. The molecular formula is C22H20FN2NaO3. The third-order valence-corrected chi connectivity index (χ3v) is 5.50. The van der Waals surface area contributed by atoms with Crippen molar-refractivity contribution in [3.8, 4) is 17.0 Å². The van der Waals surface area contributed by atoms with Gasteiger partial charge in [0.15, 0.2) is 0 Å². The van der Waals surface area contributed by atoms with Gasteiger partial charge in [-0.2, -0.15) is 0 Å². The number of carbonyl (C=O) groups excluding carboxylic acids is 1. The zero-order valence-corrected chi connectivity index (χ0v) is 18.5. The Labute approximate surface area is 190 Å². The average molecular weight is 402 g/mol. The van der Waals surface area contributed by atoms with Gasteiger partial charge in [0, 0.05) is 34.7 Å². The second-order valence-corrected chi connectivity index (χ2v) is 7.18. The molecule has 3 aromatic rings. The number of pyridine rings is 2. The summed E-state index contributed by atoms with van der Waals surface area (Å²) in [7, 11) is 1.54. The first kappa shape index (κ1) is 21.7. The number of ether oxygens (including phenoxy) is 1. The summed E-state index contributed by atoms with van der Waals surface area (Å²) in [6.45, 7) is 0. The quantitative estimate of drug-likeness (QED) is 0.594. The van der Waals surface area contributed by atoms with Crippen LogP contribution in [0.25, 0.3) is 22.2 Å². The van der Waals surface area contributed by atoms with Crippen LogP contribution >= 0.6 is 0 Å². The maximum atomic E-state index is 14.0. The molecule has 1 aliphatic rings. The van der Waals surface area contributed by atoms with Gasteiger partial charge in [0.2, 0.25) is 0 Å². The monoisotopic (exact) mass is 402 g/mol. The number of aromatic nitrogens is 2. The van der Waals surface area contributed by atoms with Crippen molar-refractivity contribution in [2.75, 3.05) is 7.11 Å². The normalized spacial score (nSPS) is 18.8. The van der Waals surface area contributed by atoms with E-state index in [0.717, 1.165) is 23.9 Å². The van der Waals surface area contributed by atoms with Gasteiger partial charge in [-0.3, -0.25) is 9.97 Å². The Morgan fingerprint density at radius 2 is 1.93 bits per heavy atom. The number of halogens is 1. The Balaban J connectivity index is 0.00000240. The number of fused-ring (bicyclic) bond motifs is 1. The fourth-order valence-electron chi connectivity index (χ4n) is 3.99. The zero-order valence-electron chi connectivity index (χ0n) is 16.5. The van der Waals surface area contributed by atoms with Crippen LogP contribution in [0.5, 0.6) is 5.75 Å². The Hall–Kier alpha value is -2.02. The van der Waals surface area contributed by atoms with Crippen LogP contribution in [-0.2, 0) is 4.79 Å². The fraction of sp³-hybridized carbons (Fsp3) is 0.318. The number of methoxy groups -OCH3 is 1. The van der Waals surface area contributed by atoms with Crippen molar-refractivity contribution >= 4 is 16.9 Å². The maximum absolute atomic E-state index is 14.0. The van der Waals surface area contributed by atoms with Crippen molar-refractivity contribution in [2.45, 2.75) is 31.6 Å². The van der Waals surface area contributed by atoms with Crippen LogP contribution in [0.15, 0.2) is 42.6 Å². The molecule has 0 spiro atoms. The molecule has 0 unspecified atom stereocenters. The van der Waals surface area contributed by atoms with Gasteiger partial charge >= 0.3 is 29.6 Å². The zero-order chi connectivity index (χ0) is 19.7. The summed E-state index contributed by atoms with van der Waals surface area (Å²) in [6.07, 6.45) is 4.31. The van der Waals surface area contributed by atoms with Gasteiger partial charge in [0.05, 0.1) is 12.6 Å². The number of aliphatic carboxylic acids is 1. The number of hydrogen-bond donors (Lipinski definition) is 0. The number of rotatable bonds is 4. The second-order valence-electron chi connectivity index (χ2n) is 7.18. The van der Waals surface area contributed by atoms with Gasteiger partial charge in [0.25, 0.3) is 0 Å². The van der Waals surface area contributed by atoms with Crippen LogP contribution in [0, 0.1) is 11.7 Å². The summed E-state index contributed by atoms with van der Waals surface area (Å²) in [5.74, 6) is -1.06. The van der Waals surface area contributed by atoms with Crippen molar-refractivity contribution < 1.29 is 48.6 Å². The number of carbonyl (C=O) groups is 1. The number of carboxylic acid groups (broad SMARTS) is 1. The molecule has 0 atom stereocenters. The predicted molar refractivity (Wildman–Crippen MR) is 101 cm³/mol. The Bertz CT molecular complexity index is 1040. The van der Waals surface area contributed by atoms with Crippen molar-refractivity contribution in [3.05, 3.63) is 54.1 Å². The first-order chi connectivity index (χ1) is 13.6. The molecule has 0 saturated heterocycles. The van der Waals surface area contributed by atoms with Crippen LogP contribution < -0.4 is 39.4 Å². The first-order valence-electron chi connectivity index (χ1n) is 9.37. The molecule has 1 aromatic carbocycles. The van der Waals surface area contributed by atoms with E-state index in [4.69, 9.17) is 9.72 Å². The van der Waals surface area contributed by atoms with E-state index in [1.54, 1.807) is 12.3 Å². The topological polar surface area (TPSA) is 75.1 Å². The van der Waals surface area contributed by atoms with Gasteiger partial charge < -0.3 is 14.6 Å². The number of hydrogen-bond acceptors (Lipinski definition) is 5. The Morgan fingerprint density at radius 1 is 1.17 bits per heavy atom. The van der Waals surface area contributed by atoms with Crippen LogP contribution in [0.1, 0.15) is 37.3 Å². The van der Waals surface area contributed by atoms with E-state index in [9.17, 15) is 14.3 Å². The van der Waals surface area contributed by atoms with Crippen molar-refractivity contribution in [2.24, 2.45) is 5.92 Å². The summed E-state index contributed by atoms with van der Waals surface area (Å²) >= 11 is 0. The average Bonchev–Trinajstić information content (AvgIpc) is 2.73. The van der Waals surface area contributed by atoms with E-state index in [0.29, 0.717) is 35.4 Å². The molecule has 1 saturated carbocycles. The minimum absolute atomic E-state index is 0. The maximum Gasteiger partial charge on any atom is 1.00 e. The van der Waals surface area contributed by atoms with E-state index in [1.165, 1.54) is 19.2 Å². The Morgan fingerprint density at radius 3 is 2.62 bits per heavy atom. The largest absolute Gasteiger partial charge is 1.00 e. The number of carboxylic acids is 1. The molecule has 0 amide bonds. The molecule has 4 rings (SSSR count). The van der Waals surface area contributed by atoms with Gasteiger partial charge in [-0.1, -0.05) is 6.07 Å². The van der Waals surface area contributed by atoms with Crippen molar-refractivity contribution in [1.29, 1.82) is 0 Å². The Kier molecular flexibility index (Phi) is 6.88. The molecule has 1 fully saturated rings. The van der Waals surface area contributed by atoms with Crippen molar-refractivity contribution in [3.63, 3.8) is 0 Å². The van der Waals surface area contributed by atoms with E-state index in [1.807, 2.05) is 18.2 Å². The molecule has 5 nitrogen and oxygen atoms in total. The second kappa shape index (κ2) is 9.20. The summed E-state index contributed by atoms with van der Waals surface area (Å²) in [5, 5.41) is 12.0. The van der Waals surface area contributed by atoms with Crippen LogP contribution in [0.4, 0.5) is 4.39 Å². The van der Waals surface area contributed by atoms with E-state index < -0.39 is 5.97 Å². The molecular weight excluding hydrogens is 382 g/mol. The summed E-state index contributed by atoms with van der Waals surface area (Å²) in [4.78, 5) is 20.4. The first-order valence-corrected chi connectivity index (χ1v) is 9.37. The summed E-state index contributed by atoms with van der Waals surface area (Å²) in [6, 6.07) is 10.1. The van der Waals surface area contributed by atoms with E-state index in [2.05, 4.69) is 4.98 Å². The summed E-state index contributed by atoms with van der Waals surface area (Å²) < 4.78 is 19.4. The molecule has 144 valence electrons. The van der Waals surface area contributed by atoms with Crippen LogP contribution in [0.3, 0.4) is 0 Å².